The number of likely N-dealkylation sites (tertiary alicyclic amines) is 1. The first-order valence-electron chi connectivity index (χ1n) is 11.0. The lowest BCUT2D eigenvalue weighted by molar-refractivity contribution is -0.153. The molecule has 0 unspecified atom stereocenters. The van der Waals surface area contributed by atoms with E-state index in [1.807, 2.05) is 24.3 Å². The van der Waals surface area contributed by atoms with E-state index in [1.54, 1.807) is 9.80 Å². The van der Waals surface area contributed by atoms with Crippen LogP contribution in [0.1, 0.15) is 24.0 Å². The molecule has 2 heterocycles. The van der Waals surface area contributed by atoms with Crippen molar-refractivity contribution in [2.45, 2.75) is 38.1 Å². The third-order valence-corrected chi connectivity index (χ3v) is 6.03. The maximum Gasteiger partial charge on any atom is 0.422 e. The smallest absolute Gasteiger partial charge is 0.422 e. The topological polar surface area (TPSA) is 68.3 Å². The predicted molar refractivity (Wildman–Crippen MR) is 125 cm³/mol. The van der Waals surface area contributed by atoms with Gasteiger partial charge in [0, 0.05) is 36.3 Å². The molecule has 0 saturated carbocycles. The van der Waals surface area contributed by atoms with E-state index in [2.05, 4.69) is 12.2 Å². The van der Waals surface area contributed by atoms with Gasteiger partial charge in [0.25, 0.3) is 0 Å². The van der Waals surface area contributed by atoms with Crippen molar-refractivity contribution in [1.29, 1.82) is 0 Å². The number of carbonyl (C=O) groups excluding carboxylic acids is 2. The number of para-hydroxylation sites is 1. The summed E-state index contributed by atoms with van der Waals surface area (Å²) in [4.78, 5) is 28.7. The fourth-order valence-electron chi connectivity index (χ4n) is 4.27. The Bertz CT molecular complexity index is 1100. The van der Waals surface area contributed by atoms with Gasteiger partial charge in [-0.25, -0.2) is 4.79 Å². The lowest BCUT2D eigenvalue weighted by Crippen LogP contribution is -2.50. The number of ether oxygens (including phenoxy) is 3. The number of thiocarbonyl (C=S) groups is 1. The van der Waals surface area contributed by atoms with Crippen molar-refractivity contribution in [2.75, 3.05) is 24.6 Å². The minimum atomic E-state index is -4.53. The number of cyclic esters (lactones) is 1. The van der Waals surface area contributed by atoms with E-state index < -0.39 is 18.9 Å². The lowest BCUT2D eigenvalue weighted by atomic mass is 10.00. The van der Waals surface area contributed by atoms with Gasteiger partial charge in [-0.2, -0.15) is 13.2 Å². The van der Waals surface area contributed by atoms with Crippen LogP contribution in [-0.2, 0) is 22.6 Å². The van der Waals surface area contributed by atoms with Crippen LogP contribution in [0.4, 0.5) is 23.7 Å². The molecule has 2 aromatic carbocycles. The third-order valence-electron chi connectivity index (χ3n) is 5.94. The van der Waals surface area contributed by atoms with Crippen LogP contribution in [0.15, 0.2) is 42.5 Å². The van der Waals surface area contributed by atoms with Crippen LogP contribution in [0.2, 0.25) is 0 Å². The molecule has 0 aromatic heterocycles. The van der Waals surface area contributed by atoms with Gasteiger partial charge in [-0.15, -0.1) is 0 Å². The molecule has 0 atom stereocenters. The third kappa shape index (κ3) is 6.02. The van der Waals surface area contributed by atoms with E-state index in [4.69, 9.17) is 14.2 Å². The number of rotatable bonds is 7. The normalized spacial score (nSPS) is 16.4. The summed E-state index contributed by atoms with van der Waals surface area (Å²) in [6.07, 6.45) is -3.97. The number of anilines is 1. The highest BCUT2D eigenvalue weighted by Gasteiger charge is 2.35. The van der Waals surface area contributed by atoms with E-state index in [-0.39, 0.29) is 36.5 Å². The summed E-state index contributed by atoms with van der Waals surface area (Å²) in [7, 11) is 0. The van der Waals surface area contributed by atoms with Crippen LogP contribution in [-0.4, -0.2) is 54.4 Å². The van der Waals surface area contributed by atoms with Crippen LogP contribution in [0.5, 0.6) is 11.5 Å². The number of carbonyl (C=O) groups is 2. The molecule has 1 saturated heterocycles. The summed E-state index contributed by atoms with van der Waals surface area (Å²) in [6.45, 7) is -0.454. The summed E-state index contributed by atoms with van der Waals surface area (Å²) in [6, 6.07) is 11.7. The van der Waals surface area contributed by atoms with Crippen molar-refractivity contribution in [3.63, 3.8) is 0 Å². The monoisotopic (exact) mass is 508 g/mol. The maximum absolute atomic E-state index is 13.0. The number of hydrogen-bond donors (Lipinski definition) is 0. The fraction of sp³-hybridized carbons (Fsp3) is 0.375. The number of halogens is 3. The minimum Gasteiger partial charge on any atom is -0.484 e. The Kier molecular flexibility index (Phi) is 7.44. The zero-order valence-corrected chi connectivity index (χ0v) is 19.4. The molecule has 2 aliphatic rings. The van der Waals surface area contributed by atoms with Crippen molar-refractivity contribution >= 4 is 35.5 Å². The summed E-state index contributed by atoms with van der Waals surface area (Å²) in [5.41, 5.74) is 3.04. The molecule has 2 amide bonds. The van der Waals surface area contributed by atoms with Crippen LogP contribution in [0.25, 0.3) is 0 Å². The van der Waals surface area contributed by atoms with Crippen LogP contribution >= 0.6 is 12.2 Å². The Morgan fingerprint density at radius 3 is 2.63 bits per heavy atom. The van der Waals surface area contributed by atoms with E-state index in [9.17, 15) is 22.8 Å². The Balaban J connectivity index is 1.41. The van der Waals surface area contributed by atoms with Crippen LogP contribution < -0.4 is 14.4 Å². The van der Waals surface area contributed by atoms with Crippen molar-refractivity contribution < 1.29 is 37.0 Å². The molecule has 4 rings (SSSR count). The number of alkyl halides is 3. The summed E-state index contributed by atoms with van der Waals surface area (Å²) in [5.74, 6) is -0.124. The Morgan fingerprint density at radius 1 is 1.17 bits per heavy atom. The predicted octanol–water partition coefficient (Wildman–Crippen LogP) is 4.65. The molecule has 1 fully saturated rings. The highest BCUT2D eigenvalue weighted by molar-refractivity contribution is 7.78. The van der Waals surface area contributed by atoms with Gasteiger partial charge in [-0.05, 0) is 37.2 Å². The SMILES string of the molecule is O=C(Cc1ccc(OC=S)cc1OCC(F)(F)F)N1CCC(N2C(=O)OCc3ccccc32)CC1. The number of benzene rings is 2. The number of fused-ring (bicyclic) bond motifs is 1. The van der Waals surface area contributed by atoms with Gasteiger partial charge in [0.2, 0.25) is 5.91 Å². The first kappa shape index (κ1) is 24.8. The second-order valence-electron chi connectivity index (χ2n) is 8.23. The Labute approximate surface area is 205 Å². The molecule has 2 aromatic rings. The van der Waals surface area contributed by atoms with Gasteiger partial charge in [0.05, 0.1) is 12.1 Å². The Hall–Kier alpha value is -3.34. The Morgan fingerprint density at radius 2 is 1.91 bits per heavy atom. The molecule has 35 heavy (non-hydrogen) atoms. The molecule has 11 heteroatoms. The standard InChI is InChI=1S/C24H23F3N2O5S/c25-24(26,27)14-33-21-12-19(34-15-35)6-5-16(21)11-22(30)28-9-7-18(8-10-28)29-20-4-2-1-3-17(20)13-32-23(29)31/h1-6,12,15,18H,7-11,13-14H2. The van der Waals surface area contributed by atoms with Crippen LogP contribution in [0, 0.1) is 0 Å². The largest absolute Gasteiger partial charge is 0.484 e. The average Bonchev–Trinajstić information content (AvgIpc) is 2.84. The van der Waals surface area contributed by atoms with E-state index >= 15 is 0 Å². The number of nitrogens with zero attached hydrogens (tertiary/aromatic N) is 2. The van der Waals surface area contributed by atoms with Gasteiger partial charge < -0.3 is 19.1 Å². The van der Waals surface area contributed by atoms with Gasteiger partial charge in [-0.1, -0.05) is 24.3 Å². The summed E-state index contributed by atoms with van der Waals surface area (Å²) < 4.78 is 53.4. The number of amides is 2. The number of piperidine rings is 1. The zero-order valence-electron chi connectivity index (χ0n) is 18.6. The van der Waals surface area contributed by atoms with Gasteiger partial charge >= 0.3 is 12.3 Å². The number of hydrogen-bond acceptors (Lipinski definition) is 6. The quantitative estimate of drug-likeness (QED) is 0.507. The van der Waals surface area contributed by atoms with E-state index in [0.717, 1.165) is 16.8 Å². The summed E-state index contributed by atoms with van der Waals surface area (Å²) >= 11 is 4.61. The molecule has 0 radical (unpaired) electrons. The molecule has 0 bridgehead atoms. The summed E-state index contributed by atoms with van der Waals surface area (Å²) in [5, 5.41) is 0. The molecule has 0 aliphatic carbocycles. The van der Waals surface area contributed by atoms with Crippen molar-refractivity contribution in [1.82, 2.24) is 4.90 Å². The molecular weight excluding hydrogens is 485 g/mol. The fourth-order valence-corrected chi connectivity index (χ4v) is 4.38. The van der Waals surface area contributed by atoms with Gasteiger partial charge in [0.1, 0.15) is 18.1 Å². The molecule has 0 N–H and O–H groups in total. The van der Waals surface area contributed by atoms with Crippen molar-refractivity contribution in [3.8, 4) is 11.5 Å². The van der Waals surface area contributed by atoms with E-state index in [0.29, 0.717) is 31.5 Å². The minimum absolute atomic E-state index is 0.0902. The highest BCUT2D eigenvalue weighted by atomic mass is 32.1. The first-order valence-corrected chi connectivity index (χ1v) is 11.5. The molecule has 186 valence electrons. The zero-order chi connectivity index (χ0) is 25.0. The molecule has 2 aliphatic heterocycles. The van der Waals surface area contributed by atoms with Crippen molar-refractivity contribution in [2.24, 2.45) is 0 Å². The second-order valence-corrected chi connectivity index (χ2v) is 8.42. The highest BCUT2D eigenvalue weighted by Crippen LogP contribution is 2.32. The van der Waals surface area contributed by atoms with Gasteiger partial charge in [0.15, 0.2) is 12.2 Å². The molecule has 7 nitrogen and oxygen atoms in total. The second kappa shape index (κ2) is 10.5. The maximum atomic E-state index is 13.0. The van der Waals surface area contributed by atoms with Gasteiger partial charge in [-0.3, -0.25) is 9.69 Å². The molecule has 0 spiro atoms. The lowest BCUT2D eigenvalue weighted by Gasteiger charge is -2.40. The van der Waals surface area contributed by atoms with E-state index in [1.165, 1.54) is 18.2 Å². The average molecular weight is 509 g/mol. The van der Waals surface area contributed by atoms with Crippen LogP contribution in [0.3, 0.4) is 0 Å². The molecular formula is C24H23F3N2O5S. The van der Waals surface area contributed by atoms with Crippen molar-refractivity contribution in [3.05, 3.63) is 53.6 Å². The first-order chi connectivity index (χ1) is 16.7.